The lowest BCUT2D eigenvalue weighted by atomic mass is 10.0. The lowest BCUT2D eigenvalue weighted by Crippen LogP contribution is -2.05. The smallest absolute Gasteiger partial charge is 0.416 e. The first kappa shape index (κ1) is 15.2. The summed E-state index contributed by atoms with van der Waals surface area (Å²) in [5.41, 5.74) is -1.85. The molecule has 0 aliphatic carbocycles. The fourth-order valence-corrected chi connectivity index (χ4v) is 1.79. The van der Waals surface area contributed by atoms with E-state index in [4.69, 9.17) is 0 Å². The van der Waals surface area contributed by atoms with Crippen LogP contribution in [0.2, 0.25) is 0 Å². The first-order chi connectivity index (χ1) is 9.57. The van der Waals surface area contributed by atoms with Crippen molar-refractivity contribution in [2.45, 2.75) is 12.4 Å². The summed E-state index contributed by atoms with van der Waals surface area (Å²) < 4.78 is 75.1. The van der Waals surface area contributed by atoms with E-state index in [0.717, 1.165) is 36.4 Å². The van der Waals surface area contributed by atoms with E-state index in [0.29, 0.717) is 6.07 Å². The van der Waals surface area contributed by atoms with Crippen molar-refractivity contribution in [2.75, 3.05) is 0 Å². The molecule has 2 aromatic rings. The Labute approximate surface area is 115 Å². The Morgan fingerprint density at radius 3 is 1.62 bits per heavy atom. The minimum atomic E-state index is -4.65. The molecular weight excluding hydrogens is 298 g/mol. The van der Waals surface area contributed by atoms with E-state index in [1.54, 1.807) is 0 Å². The second-order valence-electron chi connectivity index (χ2n) is 4.34. The van der Waals surface area contributed by atoms with Gasteiger partial charge in [-0.1, -0.05) is 12.1 Å². The van der Waals surface area contributed by atoms with Gasteiger partial charge in [-0.05, 0) is 41.5 Å². The molecule has 1 N–H and O–H groups in total. The van der Waals surface area contributed by atoms with Crippen molar-refractivity contribution in [3.05, 3.63) is 53.6 Å². The van der Waals surface area contributed by atoms with Crippen LogP contribution in [0.5, 0.6) is 5.75 Å². The quantitative estimate of drug-likeness (QED) is 0.727. The van der Waals surface area contributed by atoms with E-state index in [1.807, 2.05) is 0 Å². The number of rotatable bonds is 1. The molecule has 0 atom stereocenters. The van der Waals surface area contributed by atoms with E-state index in [2.05, 4.69) is 0 Å². The van der Waals surface area contributed by atoms with Crippen LogP contribution in [0.15, 0.2) is 42.5 Å². The summed E-state index contributed by atoms with van der Waals surface area (Å²) >= 11 is 0. The average Bonchev–Trinajstić information content (AvgIpc) is 2.36. The van der Waals surface area contributed by atoms with Crippen molar-refractivity contribution in [1.29, 1.82) is 0 Å². The maximum absolute atomic E-state index is 12.6. The predicted molar refractivity (Wildman–Crippen MR) is 63.5 cm³/mol. The molecule has 0 amide bonds. The first-order valence-corrected chi connectivity index (χ1v) is 5.66. The van der Waals surface area contributed by atoms with Gasteiger partial charge >= 0.3 is 12.4 Å². The summed E-state index contributed by atoms with van der Waals surface area (Å²) in [6.07, 6.45) is -9.17. The minimum Gasteiger partial charge on any atom is -0.508 e. The first-order valence-electron chi connectivity index (χ1n) is 5.66. The molecule has 0 heterocycles. The Bertz CT molecular complexity index is 640. The zero-order valence-electron chi connectivity index (χ0n) is 10.3. The fraction of sp³-hybridized carbons (Fsp3) is 0.143. The van der Waals surface area contributed by atoms with Crippen LogP contribution in [0.4, 0.5) is 26.3 Å². The molecule has 0 bridgehead atoms. The molecule has 112 valence electrons. The van der Waals surface area contributed by atoms with E-state index < -0.39 is 29.2 Å². The summed E-state index contributed by atoms with van der Waals surface area (Å²) in [4.78, 5) is 0. The number of alkyl halides is 6. The fourth-order valence-electron chi connectivity index (χ4n) is 1.79. The molecule has 0 aliphatic rings. The minimum absolute atomic E-state index is 0.0175. The van der Waals surface area contributed by atoms with Crippen molar-refractivity contribution in [3.8, 4) is 16.9 Å². The SMILES string of the molecule is Oc1cc(-c2ccc(C(F)(F)F)cc2)cc(C(F)(F)F)c1. The highest BCUT2D eigenvalue weighted by atomic mass is 19.4. The normalized spacial score (nSPS) is 12.5. The number of benzene rings is 2. The maximum atomic E-state index is 12.6. The molecule has 0 saturated heterocycles. The summed E-state index contributed by atoms with van der Waals surface area (Å²) in [5, 5.41) is 9.32. The largest absolute Gasteiger partial charge is 0.508 e. The molecule has 0 aromatic heterocycles. The molecule has 1 nitrogen and oxygen atoms in total. The van der Waals surface area contributed by atoms with E-state index in [1.165, 1.54) is 0 Å². The predicted octanol–water partition coefficient (Wildman–Crippen LogP) is 5.10. The van der Waals surface area contributed by atoms with Crippen molar-refractivity contribution >= 4 is 0 Å². The Balaban J connectivity index is 2.45. The van der Waals surface area contributed by atoms with E-state index in [9.17, 15) is 31.4 Å². The highest BCUT2D eigenvalue weighted by molar-refractivity contribution is 5.66. The zero-order chi connectivity index (χ0) is 15.8. The second-order valence-corrected chi connectivity index (χ2v) is 4.34. The molecule has 0 aliphatic heterocycles. The van der Waals surface area contributed by atoms with Crippen LogP contribution in [0.1, 0.15) is 11.1 Å². The number of phenolic OH excluding ortho intramolecular Hbond substituents is 1. The Morgan fingerprint density at radius 2 is 1.14 bits per heavy atom. The zero-order valence-corrected chi connectivity index (χ0v) is 10.3. The third-order valence-electron chi connectivity index (χ3n) is 2.79. The van der Waals surface area contributed by atoms with Gasteiger partial charge in [-0.15, -0.1) is 0 Å². The molecular formula is C14H8F6O. The van der Waals surface area contributed by atoms with E-state index >= 15 is 0 Å². The van der Waals surface area contributed by atoms with Gasteiger partial charge < -0.3 is 5.11 Å². The standard InChI is InChI=1S/C14H8F6O/c15-13(16,17)10-3-1-8(2-4-10)9-5-11(14(18,19)20)7-12(21)6-9/h1-7,21H. The number of hydrogen-bond acceptors (Lipinski definition) is 1. The molecule has 2 rings (SSSR count). The highest BCUT2D eigenvalue weighted by Gasteiger charge is 2.32. The molecule has 0 radical (unpaired) electrons. The number of halogens is 6. The summed E-state index contributed by atoms with van der Waals surface area (Å²) in [5.74, 6) is -0.611. The number of phenols is 1. The van der Waals surface area contributed by atoms with Crippen molar-refractivity contribution in [3.63, 3.8) is 0 Å². The summed E-state index contributed by atoms with van der Waals surface area (Å²) in [7, 11) is 0. The third-order valence-corrected chi connectivity index (χ3v) is 2.79. The molecule has 7 heteroatoms. The van der Waals surface area contributed by atoms with Gasteiger partial charge in [0.05, 0.1) is 11.1 Å². The summed E-state index contributed by atoms with van der Waals surface area (Å²) in [6, 6.07) is 6.02. The lowest BCUT2D eigenvalue weighted by Gasteiger charge is -2.11. The van der Waals surface area contributed by atoms with Crippen LogP contribution < -0.4 is 0 Å². The van der Waals surface area contributed by atoms with Gasteiger partial charge in [-0.3, -0.25) is 0 Å². The van der Waals surface area contributed by atoms with Gasteiger partial charge in [-0.2, -0.15) is 26.3 Å². The van der Waals surface area contributed by atoms with Crippen LogP contribution in [0.25, 0.3) is 11.1 Å². The van der Waals surface area contributed by atoms with Crippen molar-refractivity contribution < 1.29 is 31.4 Å². The molecule has 21 heavy (non-hydrogen) atoms. The van der Waals surface area contributed by atoms with Crippen molar-refractivity contribution in [1.82, 2.24) is 0 Å². The monoisotopic (exact) mass is 306 g/mol. The highest BCUT2D eigenvalue weighted by Crippen LogP contribution is 2.36. The van der Waals surface area contributed by atoms with Crippen LogP contribution >= 0.6 is 0 Å². The van der Waals surface area contributed by atoms with Gasteiger partial charge in [0.1, 0.15) is 5.75 Å². The van der Waals surface area contributed by atoms with Crippen LogP contribution in [0.3, 0.4) is 0 Å². The maximum Gasteiger partial charge on any atom is 0.416 e. The third kappa shape index (κ3) is 3.48. The molecule has 0 unspecified atom stereocenters. The van der Waals surface area contributed by atoms with Crippen LogP contribution in [-0.2, 0) is 12.4 Å². The number of hydrogen-bond donors (Lipinski definition) is 1. The Kier molecular flexibility index (Phi) is 3.61. The van der Waals surface area contributed by atoms with Crippen LogP contribution in [0, 0.1) is 0 Å². The number of aromatic hydroxyl groups is 1. The molecule has 0 spiro atoms. The molecule has 0 fully saturated rings. The second kappa shape index (κ2) is 4.98. The van der Waals surface area contributed by atoms with Gasteiger partial charge in [-0.25, -0.2) is 0 Å². The molecule has 0 saturated carbocycles. The molecule has 2 aromatic carbocycles. The van der Waals surface area contributed by atoms with Crippen LogP contribution in [-0.4, -0.2) is 5.11 Å². The van der Waals surface area contributed by atoms with E-state index in [-0.39, 0.29) is 11.1 Å². The average molecular weight is 306 g/mol. The van der Waals surface area contributed by atoms with Gasteiger partial charge in [0.2, 0.25) is 0 Å². The van der Waals surface area contributed by atoms with Gasteiger partial charge in [0, 0.05) is 0 Å². The Hall–Kier alpha value is -2.18. The Morgan fingerprint density at radius 1 is 0.619 bits per heavy atom. The summed E-state index contributed by atoms with van der Waals surface area (Å²) in [6.45, 7) is 0. The lowest BCUT2D eigenvalue weighted by molar-refractivity contribution is -0.138. The van der Waals surface area contributed by atoms with Gasteiger partial charge in [0.25, 0.3) is 0 Å². The van der Waals surface area contributed by atoms with Gasteiger partial charge in [0.15, 0.2) is 0 Å². The van der Waals surface area contributed by atoms with Crippen molar-refractivity contribution in [2.24, 2.45) is 0 Å². The topological polar surface area (TPSA) is 20.2 Å².